The van der Waals surface area contributed by atoms with Gasteiger partial charge in [-0.15, -0.1) is 0 Å². The summed E-state index contributed by atoms with van der Waals surface area (Å²) in [5.74, 6) is -0.0830. The van der Waals surface area contributed by atoms with Crippen LogP contribution < -0.4 is 10.6 Å². The number of nitrogens with two attached hydrogens (primary N) is 1. The molecular formula is C39H49F3N6O4. The van der Waals surface area contributed by atoms with Crippen molar-refractivity contribution in [1.82, 2.24) is 19.6 Å². The van der Waals surface area contributed by atoms with Crippen LogP contribution in [0.25, 0.3) is 11.1 Å². The summed E-state index contributed by atoms with van der Waals surface area (Å²) in [7, 11) is 0. The Morgan fingerprint density at radius 1 is 0.981 bits per heavy atom. The largest absolute Gasteiger partial charge is 0.444 e. The molecule has 0 bridgehead atoms. The number of amides is 2. The molecular weight excluding hydrogens is 673 g/mol. The van der Waals surface area contributed by atoms with Crippen LogP contribution in [-0.4, -0.2) is 76.6 Å². The van der Waals surface area contributed by atoms with Gasteiger partial charge in [-0.3, -0.25) is 9.48 Å². The monoisotopic (exact) mass is 722 g/mol. The number of hydrogen-bond donors (Lipinski definition) is 1. The Hall–Kier alpha value is -4.26. The topological polar surface area (TPSA) is 106 Å². The summed E-state index contributed by atoms with van der Waals surface area (Å²) in [6.45, 7) is 10.7. The number of halogens is 3. The van der Waals surface area contributed by atoms with Crippen molar-refractivity contribution in [3.05, 3.63) is 58.0 Å². The van der Waals surface area contributed by atoms with Gasteiger partial charge in [-0.2, -0.15) is 5.10 Å². The van der Waals surface area contributed by atoms with E-state index in [9.17, 15) is 9.59 Å². The van der Waals surface area contributed by atoms with Crippen LogP contribution >= 0.6 is 0 Å². The third kappa shape index (κ3) is 7.08. The van der Waals surface area contributed by atoms with E-state index in [1.54, 1.807) is 24.0 Å². The lowest BCUT2D eigenvalue weighted by Gasteiger charge is -2.34. The third-order valence-corrected chi connectivity index (χ3v) is 10.9. The molecule has 2 aromatic carbocycles. The van der Waals surface area contributed by atoms with E-state index in [-0.39, 0.29) is 29.1 Å². The minimum Gasteiger partial charge on any atom is -0.444 e. The summed E-state index contributed by atoms with van der Waals surface area (Å²) in [5, 5.41) is 5.18. The Labute approximate surface area is 303 Å². The van der Waals surface area contributed by atoms with Gasteiger partial charge in [-0.05, 0) is 112 Å². The van der Waals surface area contributed by atoms with Crippen molar-refractivity contribution in [2.24, 2.45) is 0 Å². The summed E-state index contributed by atoms with van der Waals surface area (Å²) < 4.78 is 59.1. The van der Waals surface area contributed by atoms with E-state index in [1.165, 1.54) is 6.07 Å². The van der Waals surface area contributed by atoms with Crippen molar-refractivity contribution in [1.29, 1.82) is 0 Å². The Kier molecular flexibility index (Phi) is 9.92. The van der Waals surface area contributed by atoms with Gasteiger partial charge in [0.1, 0.15) is 11.4 Å². The van der Waals surface area contributed by atoms with Crippen LogP contribution in [0.15, 0.2) is 24.3 Å². The lowest BCUT2D eigenvalue weighted by atomic mass is 9.85. The maximum Gasteiger partial charge on any atom is 0.410 e. The van der Waals surface area contributed by atoms with Crippen molar-refractivity contribution in [2.45, 2.75) is 103 Å². The lowest BCUT2D eigenvalue weighted by Crippen LogP contribution is -2.41. The number of aromatic nitrogens is 2. The summed E-state index contributed by atoms with van der Waals surface area (Å²) in [6, 6.07) is 6.67. The molecule has 0 atom stereocenters. The predicted molar refractivity (Wildman–Crippen MR) is 192 cm³/mol. The molecule has 0 radical (unpaired) electrons. The average Bonchev–Trinajstić information content (AvgIpc) is 3.50. The van der Waals surface area contributed by atoms with E-state index in [2.05, 4.69) is 9.58 Å². The molecule has 2 N–H and O–H groups in total. The van der Waals surface area contributed by atoms with Gasteiger partial charge in [0.15, 0.2) is 5.82 Å². The summed E-state index contributed by atoms with van der Waals surface area (Å²) in [5.41, 5.74) is 10.1. The van der Waals surface area contributed by atoms with Crippen LogP contribution in [0.4, 0.5) is 35.2 Å². The standard InChI is InChI=1S/C39H49F3N6O4/c1-23(49)46-15-9-33-31(22-46)37(44-48(33)27-10-16-51-17-11-27)47-12-5-6-25-18-28(30(36(41)42)21-34(25)47)26-19-29(35(40)32(43)20-26)24-7-13-45(14-8-24)38(50)52-39(2,3)4/h18-21,24,27,36H,5-17,22,43H2,1-4H3. The van der Waals surface area contributed by atoms with E-state index in [4.69, 9.17) is 20.3 Å². The Balaban J connectivity index is 1.23. The molecule has 4 aliphatic rings. The number of ether oxygens (including phenoxy) is 2. The first kappa shape index (κ1) is 36.1. The highest BCUT2D eigenvalue weighted by molar-refractivity contribution is 5.80. The molecule has 2 amide bonds. The molecule has 0 unspecified atom stereocenters. The van der Waals surface area contributed by atoms with Gasteiger partial charge in [0.05, 0.1) is 18.3 Å². The summed E-state index contributed by atoms with van der Waals surface area (Å²) in [4.78, 5) is 30.6. The Morgan fingerprint density at radius 3 is 2.38 bits per heavy atom. The second-order valence-corrected chi connectivity index (χ2v) is 15.6. The van der Waals surface area contributed by atoms with Crippen molar-refractivity contribution in [3.63, 3.8) is 0 Å². The first-order valence-electron chi connectivity index (χ1n) is 18.5. The normalized spacial score (nSPS) is 18.8. The van der Waals surface area contributed by atoms with Gasteiger partial charge < -0.3 is 29.9 Å². The van der Waals surface area contributed by atoms with Crippen LogP contribution in [-0.2, 0) is 33.7 Å². The summed E-state index contributed by atoms with van der Waals surface area (Å²) in [6.07, 6.45) is 1.58. The number of likely N-dealkylation sites (tertiary alicyclic amines) is 1. The predicted octanol–water partition coefficient (Wildman–Crippen LogP) is 7.66. The maximum absolute atomic E-state index is 15.7. The third-order valence-electron chi connectivity index (χ3n) is 10.9. The van der Waals surface area contributed by atoms with Gasteiger partial charge in [-0.1, -0.05) is 0 Å². The number of fused-ring (bicyclic) bond motifs is 2. The highest BCUT2D eigenvalue weighted by Crippen LogP contribution is 2.45. The zero-order chi connectivity index (χ0) is 36.9. The Bertz CT molecular complexity index is 1840. The number of nitrogen functional groups attached to an aromatic ring is 1. The first-order valence-corrected chi connectivity index (χ1v) is 18.5. The molecule has 280 valence electrons. The number of piperidine rings is 1. The number of benzene rings is 2. The first-order chi connectivity index (χ1) is 24.8. The highest BCUT2D eigenvalue weighted by Gasteiger charge is 2.35. The van der Waals surface area contributed by atoms with E-state index in [0.29, 0.717) is 99.8 Å². The molecule has 4 aliphatic heterocycles. The highest BCUT2D eigenvalue weighted by atomic mass is 19.3. The molecule has 5 heterocycles. The molecule has 0 aliphatic carbocycles. The molecule has 0 saturated carbocycles. The van der Waals surface area contributed by atoms with E-state index >= 15 is 13.2 Å². The molecule has 13 heteroatoms. The van der Waals surface area contributed by atoms with Crippen LogP contribution in [0.2, 0.25) is 0 Å². The fourth-order valence-corrected chi connectivity index (χ4v) is 8.27. The number of carbonyl (C=O) groups is 2. The molecule has 3 aromatic rings. The zero-order valence-electron chi connectivity index (χ0n) is 30.5. The number of alkyl halides is 2. The number of aryl methyl sites for hydroxylation is 1. The van der Waals surface area contributed by atoms with E-state index in [1.807, 2.05) is 31.7 Å². The molecule has 2 fully saturated rings. The fourth-order valence-electron chi connectivity index (χ4n) is 8.27. The quantitative estimate of drug-likeness (QED) is 0.270. The number of hydrogen-bond acceptors (Lipinski definition) is 7. The SMILES string of the molecule is CC(=O)N1CCc2c(c(N3CCCc4cc(-c5cc(N)c(F)c(C6CCN(C(=O)OC(C)(C)C)CC6)c5)c(C(F)F)cc43)nn2C2CCOCC2)C1. The van der Waals surface area contributed by atoms with Gasteiger partial charge in [0, 0.05) is 75.2 Å². The number of rotatable bonds is 5. The lowest BCUT2D eigenvalue weighted by molar-refractivity contribution is -0.129. The molecule has 10 nitrogen and oxygen atoms in total. The second kappa shape index (κ2) is 14.3. The van der Waals surface area contributed by atoms with Crippen molar-refractivity contribution < 1.29 is 32.2 Å². The number of carbonyl (C=O) groups excluding carboxylic acids is 2. The smallest absolute Gasteiger partial charge is 0.410 e. The number of nitrogens with zero attached hydrogens (tertiary/aromatic N) is 5. The van der Waals surface area contributed by atoms with Gasteiger partial charge >= 0.3 is 6.09 Å². The Morgan fingerprint density at radius 2 is 1.71 bits per heavy atom. The van der Waals surface area contributed by atoms with Crippen LogP contribution in [0.5, 0.6) is 0 Å². The van der Waals surface area contributed by atoms with Crippen LogP contribution in [0.3, 0.4) is 0 Å². The minimum atomic E-state index is -2.81. The van der Waals surface area contributed by atoms with Gasteiger partial charge in [0.2, 0.25) is 5.91 Å². The van der Waals surface area contributed by atoms with Crippen LogP contribution in [0, 0.1) is 5.82 Å². The number of anilines is 3. The van der Waals surface area contributed by atoms with Crippen molar-refractivity contribution >= 4 is 29.2 Å². The zero-order valence-corrected chi connectivity index (χ0v) is 30.5. The van der Waals surface area contributed by atoms with Gasteiger partial charge in [0.25, 0.3) is 6.43 Å². The van der Waals surface area contributed by atoms with Gasteiger partial charge in [-0.25, -0.2) is 18.0 Å². The second-order valence-electron chi connectivity index (χ2n) is 15.6. The molecule has 1 aromatic heterocycles. The molecule has 2 saturated heterocycles. The average molecular weight is 723 g/mol. The molecule has 52 heavy (non-hydrogen) atoms. The maximum atomic E-state index is 15.7. The van der Waals surface area contributed by atoms with E-state index in [0.717, 1.165) is 36.1 Å². The molecule has 7 rings (SSSR count). The fraction of sp³-hybridized carbons (Fsp3) is 0.564. The summed E-state index contributed by atoms with van der Waals surface area (Å²) >= 11 is 0. The van der Waals surface area contributed by atoms with E-state index < -0.39 is 23.9 Å². The molecule has 0 spiro atoms. The van der Waals surface area contributed by atoms with Crippen molar-refractivity contribution in [2.75, 3.05) is 50.0 Å². The van der Waals surface area contributed by atoms with Crippen LogP contribution in [0.1, 0.15) is 106 Å². The minimum absolute atomic E-state index is 0.00868. The van der Waals surface area contributed by atoms with Crippen molar-refractivity contribution in [3.8, 4) is 11.1 Å².